The minimum absolute atomic E-state index is 0.0147. The van der Waals surface area contributed by atoms with E-state index in [2.05, 4.69) is 15.6 Å². The predicted molar refractivity (Wildman–Crippen MR) is 95.6 cm³/mol. The summed E-state index contributed by atoms with van der Waals surface area (Å²) in [6, 6.07) is 7.17. The quantitative estimate of drug-likeness (QED) is 0.885. The summed E-state index contributed by atoms with van der Waals surface area (Å²) in [6.45, 7) is 2.88. The fourth-order valence-corrected chi connectivity index (χ4v) is 3.17. The van der Waals surface area contributed by atoms with Gasteiger partial charge in [-0.25, -0.2) is 9.48 Å². The molecule has 26 heavy (non-hydrogen) atoms. The van der Waals surface area contributed by atoms with Gasteiger partial charge < -0.3 is 15.0 Å². The Morgan fingerprint density at radius 3 is 2.69 bits per heavy atom. The molecular weight excluding hydrogens is 358 g/mol. The van der Waals surface area contributed by atoms with Gasteiger partial charge in [-0.1, -0.05) is 22.9 Å². The number of hydrogen-bond acceptors (Lipinski definition) is 5. The Kier molecular flexibility index (Phi) is 5.41. The zero-order valence-electron chi connectivity index (χ0n) is 14.6. The average molecular weight is 378 g/mol. The molecule has 1 fully saturated rings. The smallest absolute Gasteiger partial charge is 0.409 e. The summed E-state index contributed by atoms with van der Waals surface area (Å²) in [4.78, 5) is 25.7. The number of amides is 2. The molecule has 0 spiro atoms. The predicted octanol–water partition coefficient (Wildman–Crippen LogP) is 2.19. The third-order valence-corrected chi connectivity index (χ3v) is 4.66. The van der Waals surface area contributed by atoms with Gasteiger partial charge in [-0.15, -0.1) is 5.10 Å². The summed E-state index contributed by atoms with van der Waals surface area (Å²) in [5.74, 6) is -0.271. The van der Waals surface area contributed by atoms with Gasteiger partial charge in [0.25, 0.3) is 5.91 Å². The second-order valence-electron chi connectivity index (χ2n) is 6.12. The molecule has 0 saturated carbocycles. The number of piperidine rings is 1. The lowest BCUT2D eigenvalue weighted by Crippen LogP contribution is -2.46. The molecule has 1 aliphatic rings. The highest BCUT2D eigenvalue weighted by molar-refractivity contribution is 6.30. The number of rotatable bonds is 3. The van der Waals surface area contributed by atoms with Crippen LogP contribution in [0.25, 0.3) is 5.69 Å². The molecule has 2 amide bonds. The molecule has 8 nitrogen and oxygen atoms in total. The van der Waals surface area contributed by atoms with Gasteiger partial charge in [-0.3, -0.25) is 4.79 Å². The molecule has 138 valence electrons. The monoisotopic (exact) mass is 377 g/mol. The lowest BCUT2D eigenvalue weighted by atomic mass is 10.1. The van der Waals surface area contributed by atoms with E-state index in [1.165, 1.54) is 7.11 Å². The lowest BCUT2D eigenvalue weighted by Gasteiger charge is -2.31. The van der Waals surface area contributed by atoms with Crippen LogP contribution in [0, 0.1) is 6.92 Å². The van der Waals surface area contributed by atoms with E-state index in [0.29, 0.717) is 36.6 Å². The molecule has 0 aliphatic carbocycles. The minimum Gasteiger partial charge on any atom is -0.453 e. The summed E-state index contributed by atoms with van der Waals surface area (Å²) in [7, 11) is 1.36. The van der Waals surface area contributed by atoms with Crippen molar-refractivity contribution >= 4 is 23.6 Å². The lowest BCUT2D eigenvalue weighted by molar-refractivity contribution is 0.0887. The molecule has 2 aromatic rings. The molecule has 0 bridgehead atoms. The second-order valence-corrected chi connectivity index (χ2v) is 6.56. The van der Waals surface area contributed by atoms with E-state index in [0.717, 1.165) is 5.69 Å². The zero-order valence-corrected chi connectivity index (χ0v) is 15.4. The molecule has 0 radical (unpaired) electrons. The van der Waals surface area contributed by atoms with Crippen molar-refractivity contribution in [2.24, 2.45) is 0 Å². The maximum Gasteiger partial charge on any atom is 0.409 e. The first-order valence-corrected chi connectivity index (χ1v) is 8.69. The van der Waals surface area contributed by atoms with E-state index in [1.54, 1.807) is 28.6 Å². The van der Waals surface area contributed by atoms with Crippen LogP contribution < -0.4 is 5.32 Å². The van der Waals surface area contributed by atoms with Crippen molar-refractivity contribution < 1.29 is 14.3 Å². The van der Waals surface area contributed by atoms with Gasteiger partial charge in [0.15, 0.2) is 5.69 Å². The van der Waals surface area contributed by atoms with Gasteiger partial charge in [-0.05, 0) is 38.0 Å². The van der Waals surface area contributed by atoms with Gasteiger partial charge >= 0.3 is 6.09 Å². The molecule has 1 N–H and O–H groups in total. The van der Waals surface area contributed by atoms with Crippen molar-refractivity contribution in [2.45, 2.75) is 25.8 Å². The van der Waals surface area contributed by atoms with Crippen molar-refractivity contribution in [3.8, 4) is 5.69 Å². The number of halogens is 1. The summed E-state index contributed by atoms with van der Waals surface area (Å²) in [6.07, 6.45) is 1.00. The number of likely N-dealkylation sites (tertiary alicyclic amines) is 1. The highest BCUT2D eigenvalue weighted by atomic mass is 35.5. The average Bonchev–Trinajstić information content (AvgIpc) is 3.03. The van der Waals surface area contributed by atoms with Crippen LogP contribution in [0.4, 0.5) is 4.79 Å². The SMILES string of the molecule is COC(=O)N1CCC(NC(=O)c2nnn(-c3cccc(Cl)c3)c2C)CC1. The highest BCUT2D eigenvalue weighted by Gasteiger charge is 2.26. The van der Waals surface area contributed by atoms with Gasteiger partial charge in [0.2, 0.25) is 0 Å². The number of benzene rings is 1. The van der Waals surface area contributed by atoms with Crippen LogP contribution in [0.5, 0.6) is 0 Å². The first-order valence-electron chi connectivity index (χ1n) is 8.31. The Morgan fingerprint density at radius 1 is 1.31 bits per heavy atom. The van der Waals surface area contributed by atoms with E-state index in [9.17, 15) is 9.59 Å². The molecule has 1 saturated heterocycles. The summed E-state index contributed by atoms with van der Waals surface area (Å²) in [5, 5.41) is 11.6. The Labute approximate surface area is 156 Å². The second kappa shape index (κ2) is 7.74. The summed E-state index contributed by atoms with van der Waals surface area (Å²) >= 11 is 6.01. The number of hydrogen-bond donors (Lipinski definition) is 1. The standard InChI is InChI=1S/C17H20ClN5O3/c1-11-15(20-21-23(11)14-5-3-4-12(18)10-14)16(24)19-13-6-8-22(9-7-13)17(25)26-2/h3-5,10,13H,6-9H2,1-2H3,(H,19,24). The van der Waals surface area contributed by atoms with Gasteiger partial charge in [0, 0.05) is 24.2 Å². The van der Waals surface area contributed by atoms with Crippen LogP contribution in [0.15, 0.2) is 24.3 Å². The number of nitrogens with zero attached hydrogens (tertiary/aromatic N) is 4. The molecular formula is C17H20ClN5O3. The van der Waals surface area contributed by atoms with Crippen molar-refractivity contribution in [1.29, 1.82) is 0 Å². The highest BCUT2D eigenvalue weighted by Crippen LogP contribution is 2.17. The topological polar surface area (TPSA) is 89.3 Å². The number of carbonyl (C=O) groups excluding carboxylic acids is 2. The first-order chi connectivity index (χ1) is 12.5. The maximum absolute atomic E-state index is 12.6. The number of nitrogens with one attached hydrogen (secondary N) is 1. The Morgan fingerprint density at radius 2 is 2.04 bits per heavy atom. The van der Waals surface area contributed by atoms with Crippen LogP contribution in [0.2, 0.25) is 5.02 Å². The number of ether oxygens (including phenoxy) is 1. The van der Waals surface area contributed by atoms with E-state index in [1.807, 2.05) is 12.1 Å². The van der Waals surface area contributed by atoms with Crippen molar-refractivity contribution in [2.75, 3.05) is 20.2 Å². The van der Waals surface area contributed by atoms with E-state index in [-0.39, 0.29) is 23.7 Å². The molecule has 9 heteroatoms. The molecule has 2 heterocycles. The molecule has 1 aliphatic heterocycles. The van der Waals surface area contributed by atoms with Crippen LogP contribution in [0.1, 0.15) is 29.0 Å². The Balaban J connectivity index is 1.65. The van der Waals surface area contributed by atoms with Crippen molar-refractivity contribution in [1.82, 2.24) is 25.2 Å². The number of aromatic nitrogens is 3. The normalized spacial score (nSPS) is 15.0. The van der Waals surface area contributed by atoms with E-state index < -0.39 is 0 Å². The van der Waals surface area contributed by atoms with E-state index >= 15 is 0 Å². The fraction of sp³-hybridized carbons (Fsp3) is 0.412. The van der Waals surface area contributed by atoms with Crippen LogP contribution >= 0.6 is 11.6 Å². The van der Waals surface area contributed by atoms with Crippen LogP contribution in [0.3, 0.4) is 0 Å². The Hall–Kier alpha value is -2.61. The zero-order chi connectivity index (χ0) is 18.7. The maximum atomic E-state index is 12.6. The molecule has 0 unspecified atom stereocenters. The molecule has 1 aromatic heterocycles. The largest absolute Gasteiger partial charge is 0.453 e. The van der Waals surface area contributed by atoms with Gasteiger partial charge in [0.05, 0.1) is 18.5 Å². The van der Waals surface area contributed by atoms with Crippen molar-refractivity contribution in [3.63, 3.8) is 0 Å². The first kappa shape index (κ1) is 18.2. The van der Waals surface area contributed by atoms with Crippen LogP contribution in [-0.2, 0) is 4.74 Å². The number of methoxy groups -OCH3 is 1. The van der Waals surface area contributed by atoms with E-state index in [4.69, 9.17) is 16.3 Å². The van der Waals surface area contributed by atoms with Crippen molar-refractivity contribution in [3.05, 3.63) is 40.7 Å². The number of carbonyl (C=O) groups is 2. The fourth-order valence-electron chi connectivity index (χ4n) is 2.98. The van der Waals surface area contributed by atoms with Crippen LogP contribution in [-0.4, -0.2) is 58.1 Å². The summed E-state index contributed by atoms with van der Waals surface area (Å²) < 4.78 is 6.30. The molecule has 0 atom stereocenters. The molecule has 3 rings (SSSR count). The third-order valence-electron chi connectivity index (χ3n) is 4.43. The third kappa shape index (κ3) is 3.80. The Bertz CT molecular complexity index is 814. The molecule has 1 aromatic carbocycles. The van der Waals surface area contributed by atoms with Gasteiger partial charge in [-0.2, -0.15) is 0 Å². The van der Waals surface area contributed by atoms with Gasteiger partial charge in [0.1, 0.15) is 0 Å². The summed E-state index contributed by atoms with van der Waals surface area (Å²) in [5.41, 5.74) is 1.66. The minimum atomic E-state index is -0.338.